The molecule has 3 N–H and O–H groups in total. The van der Waals surface area contributed by atoms with Gasteiger partial charge in [-0.2, -0.15) is 0 Å². The summed E-state index contributed by atoms with van der Waals surface area (Å²) in [6.45, 7) is 10.5. The number of hydrogen-bond donors (Lipinski definition) is 2. The van der Waals surface area contributed by atoms with E-state index < -0.39 is 8.56 Å². The van der Waals surface area contributed by atoms with E-state index in [1.807, 2.05) is 13.8 Å². The van der Waals surface area contributed by atoms with Crippen molar-refractivity contribution in [3.05, 3.63) is 0 Å². The highest BCUT2D eigenvalue weighted by Crippen LogP contribution is 2.16. The van der Waals surface area contributed by atoms with Crippen molar-refractivity contribution in [1.82, 2.24) is 5.32 Å². The van der Waals surface area contributed by atoms with Crippen LogP contribution in [0.15, 0.2) is 0 Å². The quantitative estimate of drug-likeness (QED) is 0.468. The third kappa shape index (κ3) is 7.02. The minimum atomic E-state index is -1.97. The lowest BCUT2D eigenvalue weighted by Crippen LogP contribution is -2.46. The van der Waals surface area contributed by atoms with Gasteiger partial charge in [0, 0.05) is 19.7 Å². The molecule has 0 aliphatic rings. The van der Waals surface area contributed by atoms with Gasteiger partial charge in [-0.05, 0) is 26.4 Å². The van der Waals surface area contributed by atoms with Crippen molar-refractivity contribution in [2.24, 2.45) is 5.73 Å². The first-order chi connectivity index (χ1) is 7.08. The van der Waals surface area contributed by atoms with Crippen molar-refractivity contribution in [3.63, 3.8) is 0 Å². The Kier molecular flexibility index (Phi) is 8.27. The normalized spacial score (nSPS) is 17.4. The van der Waals surface area contributed by atoms with Crippen molar-refractivity contribution in [1.29, 1.82) is 0 Å². The largest absolute Gasteiger partial charge is 0.395 e. The molecule has 0 bridgehead atoms. The first kappa shape index (κ1) is 15.1. The van der Waals surface area contributed by atoms with Crippen LogP contribution >= 0.6 is 0 Å². The van der Waals surface area contributed by atoms with Crippen LogP contribution in [0, 0.1) is 0 Å². The summed E-state index contributed by atoms with van der Waals surface area (Å²) in [6, 6.07) is 1.04. The Morgan fingerprint density at radius 3 is 2.53 bits per heavy atom. The number of rotatable bonds is 9. The highest BCUT2D eigenvalue weighted by molar-refractivity contribution is 6.66. The number of nitrogens with one attached hydrogen (secondary N) is 1. The van der Waals surface area contributed by atoms with Crippen LogP contribution in [-0.2, 0) is 8.85 Å². The van der Waals surface area contributed by atoms with Crippen LogP contribution in [0.3, 0.4) is 0 Å². The molecule has 92 valence electrons. The van der Waals surface area contributed by atoms with Crippen LogP contribution < -0.4 is 11.1 Å². The molecule has 0 aromatic heterocycles. The fourth-order valence-corrected chi connectivity index (χ4v) is 4.31. The third-order valence-corrected chi connectivity index (χ3v) is 5.32. The van der Waals surface area contributed by atoms with Crippen molar-refractivity contribution in [2.45, 2.75) is 46.0 Å². The van der Waals surface area contributed by atoms with Crippen molar-refractivity contribution < 1.29 is 8.85 Å². The summed E-state index contributed by atoms with van der Waals surface area (Å²) in [5.41, 5.74) is 5.42. The Morgan fingerprint density at radius 2 is 2.07 bits per heavy atom. The molecular formula is C10H26N2O2Si. The van der Waals surface area contributed by atoms with E-state index >= 15 is 0 Å². The smallest absolute Gasteiger partial charge is 0.336 e. The van der Waals surface area contributed by atoms with Crippen LogP contribution in [0.5, 0.6) is 0 Å². The van der Waals surface area contributed by atoms with E-state index in [-0.39, 0.29) is 6.23 Å². The third-order valence-electron chi connectivity index (χ3n) is 2.16. The summed E-state index contributed by atoms with van der Waals surface area (Å²) in [6.07, 6.45) is 1.13. The maximum Gasteiger partial charge on any atom is 0.336 e. The van der Waals surface area contributed by atoms with Crippen LogP contribution in [-0.4, -0.2) is 34.5 Å². The molecule has 0 aliphatic heterocycles. The highest BCUT2D eigenvalue weighted by Gasteiger charge is 2.31. The van der Waals surface area contributed by atoms with Gasteiger partial charge >= 0.3 is 8.56 Å². The van der Waals surface area contributed by atoms with Crippen molar-refractivity contribution >= 4 is 8.56 Å². The maximum absolute atomic E-state index is 5.97. The molecule has 0 saturated carbocycles. The van der Waals surface area contributed by atoms with Gasteiger partial charge < -0.3 is 14.6 Å². The second-order valence-electron chi connectivity index (χ2n) is 3.82. The molecule has 5 heteroatoms. The number of hydrogen-bond acceptors (Lipinski definition) is 4. The van der Waals surface area contributed by atoms with Gasteiger partial charge in [-0.3, -0.25) is 5.32 Å². The summed E-state index contributed by atoms with van der Waals surface area (Å²) in [5, 5.41) is 3.21. The zero-order valence-corrected chi connectivity index (χ0v) is 11.5. The summed E-state index contributed by atoms with van der Waals surface area (Å²) >= 11 is 0. The molecular weight excluding hydrogens is 208 g/mol. The molecule has 0 rings (SSSR count). The van der Waals surface area contributed by atoms with Crippen molar-refractivity contribution in [2.75, 3.05) is 19.7 Å². The summed E-state index contributed by atoms with van der Waals surface area (Å²) < 4.78 is 11.7. The molecule has 4 nitrogen and oxygen atoms in total. The second kappa shape index (κ2) is 8.24. The molecule has 0 saturated heterocycles. The highest BCUT2D eigenvalue weighted by atomic mass is 28.4. The van der Waals surface area contributed by atoms with Gasteiger partial charge in [-0.1, -0.05) is 13.3 Å². The Balaban J connectivity index is 4.02. The zero-order chi connectivity index (χ0) is 11.7. The SMILES string of the molecule is CCC[Si](C)(OCC)OC(C)NCCN. The van der Waals surface area contributed by atoms with Gasteiger partial charge in [0.25, 0.3) is 0 Å². The molecule has 0 fully saturated rings. The minimum absolute atomic E-state index is 0.0308. The fourth-order valence-electron chi connectivity index (χ4n) is 1.63. The lowest BCUT2D eigenvalue weighted by Gasteiger charge is -2.30. The topological polar surface area (TPSA) is 56.5 Å². The minimum Gasteiger partial charge on any atom is -0.395 e. The molecule has 15 heavy (non-hydrogen) atoms. The van der Waals surface area contributed by atoms with E-state index in [9.17, 15) is 0 Å². The van der Waals surface area contributed by atoms with Gasteiger partial charge in [0.05, 0.1) is 6.23 Å². The first-order valence-corrected chi connectivity index (χ1v) is 8.35. The van der Waals surface area contributed by atoms with E-state index in [1.165, 1.54) is 0 Å². The molecule has 0 aromatic carbocycles. The van der Waals surface area contributed by atoms with Gasteiger partial charge in [0.15, 0.2) is 0 Å². The van der Waals surface area contributed by atoms with Gasteiger partial charge in [0.1, 0.15) is 0 Å². The van der Waals surface area contributed by atoms with E-state index in [0.29, 0.717) is 6.54 Å². The molecule has 0 spiro atoms. The molecule has 0 amide bonds. The predicted octanol–water partition coefficient (Wildman–Crippen LogP) is 1.42. The molecule has 0 aromatic rings. The second-order valence-corrected chi connectivity index (χ2v) is 7.11. The van der Waals surface area contributed by atoms with Gasteiger partial charge in [-0.15, -0.1) is 0 Å². The summed E-state index contributed by atoms with van der Waals surface area (Å²) in [4.78, 5) is 0. The Labute approximate surface area is 94.8 Å². The van der Waals surface area contributed by atoms with Crippen LogP contribution in [0.1, 0.15) is 27.2 Å². The van der Waals surface area contributed by atoms with Gasteiger partial charge in [-0.25, -0.2) is 0 Å². The predicted molar refractivity (Wildman–Crippen MR) is 65.9 cm³/mol. The Morgan fingerprint density at radius 1 is 1.40 bits per heavy atom. The summed E-state index contributed by atoms with van der Waals surface area (Å²) in [5.74, 6) is 0. The van der Waals surface area contributed by atoms with Crippen LogP contribution in [0.25, 0.3) is 0 Å². The van der Waals surface area contributed by atoms with Crippen LogP contribution in [0.4, 0.5) is 0 Å². The van der Waals surface area contributed by atoms with Gasteiger partial charge in [0.2, 0.25) is 0 Å². The first-order valence-electron chi connectivity index (χ1n) is 5.83. The molecule has 2 unspecified atom stereocenters. The Hall–Kier alpha value is 0.0569. The molecule has 0 heterocycles. The Bertz CT molecular complexity index is 152. The van der Waals surface area contributed by atoms with E-state index in [1.54, 1.807) is 0 Å². The average molecular weight is 234 g/mol. The standard InChI is InChI=1S/C10H26N2O2Si/c1-5-9-15(4,13-6-2)14-10(3)12-8-7-11/h10,12H,5-9,11H2,1-4H3. The monoisotopic (exact) mass is 234 g/mol. The fraction of sp³-hybridized carbons (Fsp3) is 1.00. The molecule has 2 atom stereocenters. The molecule has 0 radical (unpaired) electrons. The maximum atomic E-state index is 5.97. The average Bonchev–Trinajstić information content (AvgIpc) is 2.15. The van der Waals surface area contributed by atoms with E-state index in [0.717, 1.165) is 25.6 Å². The van der Waals surface area contributed by atoms with Crippen molar-refractivity contribution in [3.8, 4) is 0 Å². The summed E-state index contributed by atoms with van der Waals surface area (Å²) in [7, 11) is -1.97. The lowest BCUT2D eigenvalue weighted by atomic mass is 10.6. The van der Waals surface area contributed by atoms with Crippen LogP contribution in [0.2, 0.25) is 12.6 Å². The molecule has 0 aliphatic carbocycles. The van der Waals surface area contributed by atoms with E-state index in [4.69, 9.17) is 14.6 Å². The van der Waals surface area contributed by atoms with E-state index in [2.05, 4.69) is 18.8 Å². The lowest BCUT2D eigenvalue weighted by molar-refractivity contribution is 0.109. The zero-order valence-electron chi connectivity index (χ0n) is 10.5. The number of nitrogens with two attached hydrogens (primary N) is 1.